The van der Waals surface area contributed by atoms with Crippen LogP contribution in [-0.2, 0) is 4.79 Å². The quantitative estimate of drug-likeness (QED) is 0.538. The van der Waals surface area contributed by atoms with Crippen LogP contribution in [0.1, 0.15) is 0 Å². The number of benzene rings is 2. The molecule has 2 aromatic rings. The van der Waals surface area contributed by atoms with Gasteiger partial charge in [-0.15, -0.1) is 0 Å². The highest BCUT2D eigenvalue weighted by Gasteiger charge is 2.43. The zero-order valence-electron chi connectivity index (χ0n) is 11.6. The molecule has 0 bridgehead atoms. The molecule has 116 valence electrons. The van der Waals surface area contributed by atoms with Crippen molar-refractivity contribution in [2.24, 2.45) is 5.84 Å². The van der Waals surface area contributed by atoms with Gasteiger partial charge in [0, 0.05) is 0 Å². The van der Waals surface area contributed by atoms with E-state index in [1.807, 2.05) is 6.07 Å². The second kappa shape index (κ2) is 6.07. The Labute approximate surface area is 124 Å². The number of halogens is 3. The van der Waals surface area contributed by atoms with Crippen molar-refractivity contribution in [3.63, 3.8) is 0 Å². The number of hydrazine groups is 1. The lowest BCUT2D eigenvalue weighted by molar-refractivity contribution is -0.170. The largest absolute Gasteiger partial charge is 0.495 e. The van der Waals surface area contributed by atoms with Gasteiger partial charge in [-0.3, -0.25) is 4.79 Å². The Morgan fingerprint density at radius 1 is 1.09 bits per heavy atom. The van der Waals surface area contributed by atoms with E-state index in [4.69, 9.17) is 10.6 Å². The van der Waals surface area contributed by atoms with Crippen LogP contribution in [0, 0.1) is 0 Å². The van der Waals surface area contributed by atoms with Crippen molar-refractivity contribution in [3.05, 3.63) is 48.5 Å². The molecule has 0 aliphatic rings. The van der Waals surface area contributed by atoms with Gasteiger partial charge in [0.15, 0.2) is 0 Å². The highest BCUT2D eigenvalue weighted by Crippen LogP contribution is 2.33. The van der Waals surface area contributed by atoms with E-state index in [2.05, 4.69) is 0 Å². The van der Waals surface area contributed by atoms with Crippen LogP contribution in [0.4, 0.5) is 18.9 Å². The number of hydrogen-bond acceptors (Lipinski definition) is 3. The summed E-state index contributed by atoms with van der Waals surface area (Å²) in [6.07, 6.45) is -5.07. The van der Waals surface area contributed by atoms with Crippen LogP contribution >= 0.6 is 0 Å². The second-order valence-corrected chi connectivity index (χ2v) is 4.43. The molecule has 2 N–H and O–H groups in total. The molecule has 4 nitrogen and oxygen atoms in total. The lowest BCUT2D eigenvalue weighted by Gasteiger charge is -2.21. The van der Waals surface area contributed by atoms with Gasteiger partial charge >= 0.3 is 12.1 Å². The summed E-state index contributed by atoms with van der Waals surface area (Å²) < 4.78 is 42.6. The Balaban J connectivity index is 2.48. The van der Waals surface area contributed by atoms with E-state index >= 15 is 0 Å². The van der Waals surface area contributed by atoms with Crippen molar-refractivity contribution >= 4 is 11.6 Å². The summed E-state index contributed by atoms with van der Waals surface area (Å²) in [6.45, 7) is 0. The molecule has 0 fully saturated rings. The zero-order valence-corrected chi connectivity index (χ0v) is 11.6. The van der Waals surface area contributed by atoms with Crippen LogP contribution in [0.25, 0.3) is 11.1 Å². The summed E-state index contributed by atoms with van der Waals surface area (Å²) in [4.78, 5) is 11.3. The smallest absolute Gasteiger partial charge is 0.473 e. The molecule has 0 saturated heterocycles. The van der Waals surface area contributed by atoms with Crippen molar-refractivity contribution < 1.29 is 22.7 Å². The Bertz CT molecular complexity index is 672. The molecule has 0 heterocycles. The maximum Gasteiger partial charge on any atom is 0.473 e. The second-order valence-electron chi connectivity index (χ2n) is 4.43. The summed E-state index contributed by atoms with van der Waals surface area (Å²) in [5, 5.41) is 0.0469. The Morgan fingerprint density at radius 3 is 2.27 bits per heavy atom. The highest BCUT2D eigenvalue weighted by atomic mass is 19.4. The maximum atomic E-state index is 12.5. The van der Waals surface area contributed by atoms with Crippen LogP contribution in [0.3, 0.4) is 0 Å². The SMILES string of the molecule is COc1ccc(-c2ccccc2)cc1N(N)C(=O)C(F)(F)F. The minimum absolute atomic E-state index is 0.0469. The number of hydrogen-bond donors (Lipinski definition) is 1. The van der Waals surface area contributed by atoms with E-state index in [0.29, 0.717) is 5.56 Å². The molecule has 0 atom stereocenters. The Kier molecular flexibility index (Phi) is 4.37. The predicted octanol–water partition coefficient (Wildman–Crippen LogP) is 3.13. The van der Waals surface area contributed by atoms with Gasteiger partial charge in [0.1, 0.15) is 11.4 Å². The number of nitrogens with zero attached hydrogens (tertiary/aromatic N) is 1. The topological polar surface area (TPSA) is 55.6 Å². The molecular weight excluding hydrogens is 297 g/mol. The minimum atomic E-state index is -5.07. The number of carbonyl (C=O) groups excluding carboxylic acids is 1. The Hall–Kier alpha value is -2.54. The van der Waals surface area contributed by atoms with Gasteiger partial charge in [-0.25, -0.2) is 10.9 Å². The third-order valence-corrected chi connectivity index (χ3v) is 3.01. The minimum Gasteiger partial charge on any atom is -0.495 e. The summed E-state index contributed by atoms with van der Waals surface area (Å²) >= 11 is 0. The number of nitrogens with two attached hydrogens (primary N) is 1. The molecule has 0 aliphatic carbocycles. The predicted molar refractivity (Wildman–Crippen MR) is 76.2 cm³/mol. The standard InChI is InChI=1S/C15H13F3N2O2/c1-22-13-8-7-11(10-5-3-2-4-6-10)9-12(13)20(19)14(21)15(16,17)18/h2-9H,19H2,1H3. The average Bonchev–Trinajstić information content (AvgIpc) is 2.52. The van der Waals surface area contributed by atoms with E-state index in [0.717, 1.165) is 5.56 Å². The summed E-state index contributed by atoms with van der Waals surface area (Å²) in [5.74, 6) is 3.23. The van der Waals surface area contributed by atoms with Crippen LogP contribution in [0.2, 0.25) is 0 Å². The number of carbonyl (C=O) groups is 1. The van der Waals surface area contributed by atoms with Gasteiger partial charge in [-0.05, 0) is 23.3 Å². The molecule has 0 aromatic heterocycles. The summed E-state index contributed by atoms with van der Waals surface area (Å²) in [6, 6.07) is 13.5. The van der Waals surface area contributed by atoms with Gasteiger partial charge in [0.05, 0.1) is 7.11 Å². The van der Waals surface area contributed by atoms with Gasteiger partial charge < -0.3 is 4.74 Å². The molecule has 0 radical (unpaired) electrons. The van der Waals surface area contributed by atoms with Crippen LogP contribution in [-0.4, -0.2) is 19.2 Å². The van der Waals surface area contributed by atoms with E-state index in [9.17, 15) is 18.0 Å². The molecule has 0 aliphatic heterocycles. The molecule has 1 amide bonds. The van der Waals surface area contributed by atoms with Crippen LogP contribution in [0.5, 0.6) is 5.75 Å². The van der Waals surface area contributed by atoms with Crippen molar-refractivity contribution in [3.8, 4) is 16.9 Å². The maximum absolute atomic E-state index is 12.5. The van der Waals surface area contributed by atoms with Gasteiger partial charge in [-0.2, -0.15) is 13.2 Å². The zero-order chi connectivity index (χ0) is 16.3. The fourth-order valence-electron chi connectivity index (χ4n) is 1.93. The fraction of sp³-hybridized carbons (Fsp3) is 0.133. The summed E-state index contributed by atoms with van der Waals surface area (Å²) in [5.41, 5.74) is 1.23. The first-order valence-corrected chi connectivity index (χ1v) is 6.24. The van der Waals surface area contributed by atoms with E-state index in [-0.39, 0.29) is 16.4 Å². The number of anilines is 1. The highest BCUT2D eigenvalue weighted by molar-refractivity contribution is 5.98. The summed E-state index contributed by atoms with van der Waals surface area (Å²) in [7, 11) is 1.28. The normalized spacial score (nSPS) is 11.1. The van der Waals surface area contributed by atoms with E-state index in [1.165, 1.54) is 19.2 Å². The number of alkyl halides is 3. The lowest BCUT2D eigenvalue weighted by Crippen LogP contribution is -2.46. The monoisotopic (exact) mass is 310 g/mol. The van der Waals surface area contributed by atoms with Crippen molar-refractivity contribution in [1.82, 2.24) is 0 Å². The third kappa shape index (κ3) is 3.20. The van der Waals surface area contributed by atoms with E-state index < -0.39 is 12.1 Å². The molecule has 0 spiro atoms. The van der Waals surface area contributed by atoms with Gasteiger partial charge in [0.2, 0.25) is 0 Å². The van der Waals surface area contributed by atoms with E-state index in [1.54, 1.807) is 30.3 Å². The van der Waals surface area contributed by atoms with Crippen molar-refractivity contribution in [2.75, 3.05) is 12.1 Å². The number of methoxy groups -OCH3 is 1. The molecule has 0 saturated carbocycles. The molecular formula is C15H13F3N2O2. The van der Waals surface area contributed by atoms with Gasteiger partial charge in [-0.1, -0.05) is 36.4 Å². The number of ether oxygens (including phenoxy) is 1. The first kappa shape index (κ1) is 15.8. The van der Waals surface area contributed by atoms with Gasteiger partial charge in [0.25, 0.3) is 0 Å². The Morgan fingerprint density at radius 2 is 1.73 bits per heavy atom. The molecule has 22 heavy (non-hydrogen) atoms. The van der Waals surface area contributed by atoms with Crippen LogP contribution < -0.4 is 15.6 Å². The number of rotatable bonds is 3. The third-order valence-electron chi connectivity index (χ3n) is 3.01. The molecule has 0 unspecified atom stereocenters. The van der Waals surface area contributed by atoms with Crippen molar-refractivity contribution in [2.45, 2.75) is 6.18 Å². The van der Waals surface area contributed by atoms with Crippen molar-refractivity contribution in [1.29, 1.82) is 0 Å². The van der Waals surface area contributed by atoms with Crippen LogP contribution in [0.15, 0.2) is 48.5 Å². The molecule has 7 heteroatoms. The molecule has 2 rings (SSSR count). The lowest BCUT2D eigenvalue weighted by atomic mass is 10.0. The fourth-order valence-corrected chi connectivity index (χ4v) is 1.93. The first-order valence-electron chi connectivity index (χ1n) is 6.24. The molecule has 2 aromatic carbocycles. The number of amides is 1. The average molecular weight is 310 g/mol. The first-order chi connectivity index (χ1) is 10.3.